The van der Waals surface area contributed by atoms with Crippen molar-refractivity contribution in [3.05, 3.63) is 0 Å². The number of hydrogen-bond donors (Lipinski definition) is 2. The monoisotopic (exact) mass is 222 g/mol. The van der Waals surface area contributed by atoms with Gasteiger partial charge in [-0.3, -0.25) is 4.79 Å². The number of amides is 1. The average Bonchev–Trinajstić information content (AvgIpc) is 2.25. The van der Waals surface area contributed by atoms with Gasteiger partial charge in [0, 0.05) is 6.54 Å². The SMILES string of the molecule is CNCCOCCOCC(F)CNC=O. The third kappa shape index (κ3) is 11.2. The summed E-state index contributed by atoms with van der Waals surface area (Å²) in [7, 11) is 1.84. The van der Waals surface area contributed by atoms with Crippen LogP contribution in [0, 0.1) is 0 Å². The number of ether oxygens (including phenoxy) is 2. The summed E-state index contributed by atoms with van der Waals surface area (Å²) in [6, 6.07) is 0. The van der Waals surface area contributed by atoms with Crippen LogP contribution >= 0.6 is 0 Å². The second-order valence-electron chi connectivity index (χ2n) is 2.91. The molecule has 0 spiro atoms. The molecule has 0 aliphatic carbocycles. The fourth-order valence-electron chi connectivity index (χ4n) is 0.840. The van der Waals surface area contributed by atoms with Gasteiger partial charge in [0.15, 0.2) is 0 Å². The van der Waals surface area contributed by atoms with E-state index in [1.54, 1.807) is 0 Å². The minimum absolute atomic E-state index is 0.00981. The van der Waals surface area contributed by atoms with Gasteiger partial charge >= 0.3 is 0 Å². The zero-order chi connectivity index (χ0) is 11.4. The summed E-state index contributed by atoms with van der Waals surface area (Å²) in [6.07, 6.45) is -0.694. The molecule has 5 nitrogen and oxygen atoms in total. The van der Waals surface area contributed by atoms with E-state index in [0.29, 0.717) is 26.2 Å². The Morgan fingerprint density at radius 1 is 1.33 bits per heavy atom. The zero-order valence-electron chi connectivity index (χ0n) is 9.00. The second kappa shape index (κ2) is 11.4. The summed E-state index contributed by atoms with van der Waals surface area (Å²) < 4.78 is 23.0. The highest BCUT2D eigenvalue weighted by Crippen LogP contribution is 1.90. The van der Waals surface area contributed by atoms with Gasteiger partial charge < -0.3 is 20.1 Å². The molecule has 0 aromatic heterocycles. The predicted octanol–water partition coefficient (Wildman–Crippen LogP) is -0.677. The summed E-state index contributed by atoms with van der Waals surface area (Å²) >= 11 is 0. The van der Waals surface area contributed by atoms with Crippen LogP contribution in [-0.4, -0.2) is 59.1 Å². The van der Waals surface area contributed by atoms with Gasteiger partial charge in [0.2, 0.25) is 6.41 Å². The van der Waals surface area contributed by atoms with Crippen molar-refractivity contribution in [2.45, 2.75) is 6.17 Å². The topological polar surface area (TPSA) is 59.6 Å². The molecule has 0 aromatic rings. The maximum atomic E-state index is 12.8. The third-order valence-electron chi connectivity index (χ3n) is 1.59. The first-order valence-corrected chi connectivity index (χ1v) is 4.92. The lowest BCUT2D eigenvalue weighted by molar-refractivity contribution is -0.109. The molecule has 6 heteroatoms. The van der Waals surface area contributed by atoms with Gasteiger partial charge in [0.05, 0.1) is 33.0 Å². The van der Waals surface area contributed by atoms with Crippen LogP contribution in [0.4, 0.5) is 4.39 Å². The minimum Gasteiger partial charge on any atom is -0.378 e. The maximum Gasteiger partial charge on any atom is 0.207 e. The molecule has 2 N–H and O–H groups in total. The lowest BCUT2D eigenvalue weighted by Crippen LogP contribution is -2.26. The molecule has 0 saturated carbocycles. The molecular formula is C9H19FN2O3. The molecular weight excluding hydrogens is 203 g/mol. The molecule has 15 heavy (non-hydrogen) atoms. The molecule has 1 atom stereocenters. The summed E-state index contributed by atoms with van der Waals surface area (Å²) in [5.41, 5.74) is 0. The highest BCUT2D eigenvalue weighted by atomic mass is 19.1. The molecule has 0 radical (unpaired) electrons. The molecule has 1 unspecified atom stereocenters. The van der Waals surface area contributed by atoms with Gasteiger partial charge in [0.1, 0.15) is 6.17 Å². The van der Waals surface area contributed by atoms with Gasteiger partial charge in [-0.15, -0.1) is 0 Å². The first-order valence-electron chi connectivity index (χ1n) is 4.92. The van der Waals surface area contributed by atoms with Gasteiger partial charge in [-0.2, -0.15) is 0 Å². The van der Waals surface area contributed by atoms with Gasteiger partial charge in [-0.25, -0.2) is 4.39 Å². The van der Waals surface area contributed by atoms with Crippen LogP contribution in [0.3, 0.4) is 0 Å². The van der Waals surface area contributed by atoms with Gasteiger partial charge in [-0.05, 0) is 7.05 Å². The quantitative estimate of drug-likeness (QED) is 0.359. The average molecular weight is 222 g/mol. The number of hydrogen-bond acceptors (Lipinski definition) is 4. The van der Waals surface area contributed by atoms with Crippen LogP contribution in [0.15, 0.2) is 0 Å². The molecule has 0 heterocycles. The Morgan fingerprint density at radius 2 is 2.07 bits per heavy atom. The fourth-order valence-corrected chi connectivity index (χ4v) is 0.840. The minimum atomic E-state index is -1.16. The van der Waals surface area contributed by atoms with Crippen molar-refractivity contribution >= 4 is 6.41 Å². The fraction of sp³-hybridized carbons (Fsp3) is 0.889. The van der Waals surface area contributed by atoms with Crippen molar-refractivity contribution in [3.8, 4) is 0 Å². The van der Waals surface area contributed by atoms with Crippen LogP contribution in [0.25, 0.3) is 0 Å². The van der Waals surface area contributed by atoms with Crippen molar-refractivity contribution in [1.29, 1.82) is 0 Å². The number of carbonyl (C=O) groups excluding carboxylic acids is 1. The van der Waals surface area contributed by atoms with Gasteiger partial charge in [0.25, 0.3) is 0 Å². The summed E-state index contributed by atoms with van der Waals surface area (Å²) in [5.74, 6) is 0. The van der Waals surface area contributed by atoms with E-state index in [0.717, 1.165) is 6.54 Å². The zero-order valence-corrected chi connectivity index (χ0v) is 9.00. The molecule has 0 bridgehead atoms. The Bertz CT molecular complexity index is 149. The number of nitrogens with one attached hydrogen (secondary N) is 2. The van der Waals surface area contributed by atoms with E-state index >= 15 is 0 Å². The summed E-state index contributed by atoms with van der Waals surface area (Å²) in [5, 5.41) is 5.17. The Balaban J connectivity index is 3.05. The van der Waals surface area contributed by atoms with Crippen LogP contribution in [0.2, 0.25) is 0 Å². The van der Waals surface area contributed by atoms with E-state index in [2.05, 4.69) is 10.6 Å². The highest BCUT2D eigenvalue weighted by molar-refractivity contribution is 5.45. The van der Waals surface area contributed by atoms with Crippen molar-refractivity contribution in [2.75, 3.05) is 46.6 Å². The molecule has 0 rings (SSSR count). The van der Waals surface area contributed by atoms with Crippen LogP contribution in [0.5, 0.6) is 0 Å². The second-order valence-corrected chi connectivity index (χ2v) is 2.91. The number of carbonyl (C=O) groups is 1. The van der Waals surface area contributed by atoms with Crippen LogP contribution < -0.4 is 10.6 Å². The first kappa shape index (κ1) is 14.3. The molecule has 0 saturated heterocycles. The highest BCUT2D eigenvalue weighted by Gasteiger charge is 2.04. The Kier molecular flexibility index (Phi) is 10.8. The van der Waals surface area contributed by atoms with E-state index < -0.39 is 6.17 Å². The predicted molar refractivity (Wildman–Crippen MR) is 54.5 cm³/mol. The number of halogens is 1. The van der Waals surface area contributed by atoms with Crippen molar-refractivity contribution < 1.29 is 18.7 Å². The summed E-state index contributed by atoms with van der Waals surface area (Å²) in [6.45, 7) is 2.20. The normalized spacial score (nSPS) is 12.4. The lowest BCUT2D eigenvalue weighted by atomic mass is 10.4. The Hall–Kier alpha value is -0.720. The maximum absolute atomic E-state index is 12.8. The first-order chi connectivity index (χ1) is 7.31. The molecule has 90 valence electrons. The standard InChI is InChI=1S/C9H19FN2O3/c1-11-2-3-14-4-5-15-7-9(10)6-12-8-13/h8-9,11H,2-7H2,1H3,(H,12,13). The van der Waals surface area contributed by atoms with E-state index in [-0.39, 0.29) is 13.2 Å². The van der Waals surface area contributed by atoms with Crippen LogP contribution in [-0.2, 0) is 14.3 Å². The third-order valence-corrected chi connectivity index (χ3v) is 1.59. The van der Waals surface area contributed by atoms with E-state index in [1.165, 1.54) is 0 Å². The van der Waals surface area contributed by atoms with Gasteiger partial charge in [-0.1, -0.05) is 0 Å². The van der Waals surface area contributed by atoms with E-state index in [9.17, 15) is 9.18 Å². The largest absolute Gasteiger partial charge is 0.378 e. The van der Waals surface area contributed by atoms with E-state index in [1.807, 2.05) is 7.05 Å². The molecule has 1 amide bonds. The van der Waals surface area contributed by atoms with E-state index in [4.69, 9.17) is 9.47 Å². The smallest absolute Gasteiger partial charge is 0.207 e. The van der Waals surface area contributed by atoms with Crippen molar-refractivity contribution in [2.24, 2.45) is 0 Å². The van der Waals surface area contributed by atoms with Crippen molar-refractivity contribution in [1.82, 2.24) is 10.6 Å². The summed E-state index contributed by atoms with van der Waals surface area (Å²) in [4.78, 5) is 9.84. The molecule has 0 aromatic carbocycles. The Morgan fingerprint density at radius 3 is 2.73 bits per heavy atom. The number of likely N-dealkylation sites (N-methyl/N-ethyl adjacent to an activating group) is 1. The molecule has 0 aliphatic heterocycles. The number of rotatable bonds is 11. The van der Waals surface area contributed by atoms with Crippen molar-refractivity contribution in [3.63, 3.8) is 0 Å². The Labute approximate surface area is 89.3 Å². The van der Waals surface area contributed by atoms with Crippen LogP contribution in [0.1, 0.15) is 0 Å². The molecule has 0 aliphatic rings. The molecule has 0 fully saturated rings. The lowest BCUT2D eigenvalue weighted by Gasteiger charge is -2.08. The number of alkyl halides is 1.